The van der Waals surface area contributed by atoms with Gasteiger partial charge in [0.1, 0.15) is 5.78 Å². The number of Topliss-reactive ketones (excluding diaryl/α,β-unsaturated/α-hetero) is 1. The third kappa shape index (κ3) is 3.40. The van der Waals surface area contributed by atoms with Gasteiger partial charge in [0, 0.05) is 6.42 Å². The number of ether oxygens (including phenoxy) is 1. The van der Waals surface area contributed by atoms with Gasteiger partial charge in [-0.05, 0) is 49.8 Å². The highest BCUT2D eigenvalue weighted by Crippen LogP contribution is 2.52. The molecule has 7 nitrogen and oxygen atoms in total. The smallest absolute Gasteiger partial charge is 0.335 e. The second-order valence-electron chi connectivity index (χ2n) is 7.89. The summed E-state index contributed by atoms with van der Waals surface area (Å²) in [6.07, 6.45) is -0.632. The summed E-state index contributed by atoms with van der Waals surface area (Å²) in [4.78, 5) is 26.2. The Balaban J connectivity index is 2.01. The third-order valence-electron chi connectivity index (χ3n) is 6.06. The number of aliphatic hydroxyl groups is 1. The number of methoxy groups -OCH3 is 1. The third-order valence-corrected chi connectivity index (χ3v) is 8.71. The molecule has 1 aromatic carbocycles. The Bertz CT molecular complexity index is 1150. The van der Waals surface area contributed by atoms with Gasteiger partial charge < -0.3 is 9.84 Å². The molecule has 2 aromatic rings. The van der Waals surface area contributed by atoms with E-state index in [1.54, 1.807) is 29.6 Å². The van der Waals surface area contributed by atoms with E-state index in [4.69, 9.17) is 4.74 Å². The van der Waals surface area contributed by atoms with Crippen LogP contribution in [0.3, 0.4) is 0 Å². The minimum Gasteiger partial charge on any atom is -0.466 e. The van der Waals surface area contributed by atoms with Gasteiger partial charge in [0.05, 0.1) is 33.6 Å². The minimum atomic E-state index is -4.29. The molecule has 2 aliphatic rings. The van der Waals surface area contributed by atoms with Crippen LogP contribution < -0.4 is 0 Å². The van der Waals surface area contributed by atoms with E-state index in [-0.39, 0.29) is 34.8 Å². The van der Waals surface area contributed by atoms with Crippen molar-refractivity contribution in [2.45, 2.75) is 43.7 Å². The van der Waals surface area contributed by atoms with Crippen molar-refractivity contribution in [1.82, 2.24) is 4.31 Å². The fourth-order valence-electron chi connectivity index (χ4n) is 4.42. The van der Waals surface area contributed by atoms with Crippen molar-refractivity contribution >= 4 is 38.8 Å². The SMILES string of the molecule is COC(=O)C1=C(c2cccs2)N(S(=O)(=O)c2ccc(C)cc2)C(O)[C@@]2(CCCC2=O)C1. The van der Waals surface area contributed by atoms with Gasteiger partial charge in [-0.25, -0.2) is 17.5 Å². The van der Waals surface area contributed by atoms with Crippen LogP contribution in [0.1, 0.15) is 36.1 Å². The number of esters is 1. The maximum Gasteiger partial charge on any atom is 0.335 e. The fraction of sp³-hybridized carbons (Fsp3) is 0.364. The number of ketones is 1. The van der Waals surface area contributed by atoms with Gasteiger partial charge in [-0.2, -0.15) is 0 Å². The number of aliphatic hydroxyl groups excluding tert-OH is 1. The summed E-state index contributed by atoms with van der Waals surface area (Å²) in [6, 6.07) is 9.65. The lowest BCUT2D eigenvalue weighted by atomic mass is 9.74. The number of benzene rings is 1. The summed E-state index contributed by atoms with van der Waals surface area (Å²) in [5, 5.41) is 13.2. The van der Waals surface area contributed by atoms with Crippen molar-refractivity contribution in [1.29, 1.82) is 0 Å². The van der Waals surface area contributed by atoms with Crippen molar-refractivity contribution in [3.8, 4) is 0 Å². The van der Waals surface area contributed by atoms with E-state index in [0.29, 0.717) is 17.7 Å². The number of hydrogen-bond donors (Lipinski definition) is 1. The largest absolute Gasteiger partial charge is 0.466 e. The molecule has 0 saturated heterocycles. The molecule has 164 valence electrons. The Labute approximate surface area is 185 Å². The van der Waals surface area contributed by atoms with Gasteiger partial charge in [0.15, 0.2) is 6.23 Å². The molecule has 1 aliphatic heterocycles. The van der Waals surface area contributed by atoms with E-state index in [1.165, 1.54) is 30.6 Å². The molecule has 0 bridgehead atoms. The van der Waals surface area contributed by atoms with Crippen LogP contribution >= 0.6 is 11.3 Å². The number of carbonyl (C=O) groups excluding carboxylic acids is 2. The first-order chi connectivity index (χ1) is 14.7. The van der Waals surface area contributed by atoms with Crippen LogP contribution in [0.4, 0.5) is 0 Å². The molecule has 1 aliphatic carbocycles. The number of aryl methyl sites for hydroxylation is 1. The van der Waals surface area contributed by atoms with E-state index in [2.05, 4.69) is 0 Å². The molecule has 2 atom stereocenters. The number of rotatable bonds is 4. The highest BCUT2D eigenvalue weighted by molar-refractivity contribution is 7.89. The number of carbonyl (C=O) groups is 2. The van der Waals surface area contributed by atoms with Crippen LogP contribution in [0.15, 0.2) is 52.2 Å². The summed E-state index contributed by atoms with van der Waals surface area (Å²) in [5.41, 5.74) is -0.339. The van der Waals surface area contributed by atoms with Gasteiger partial charge in [-0.15, -0.1) is 11.3 Å². The van der Waals surface area contributed by atoms with Crippen molar-refractivity contribution in [2.24, 2.45) is 5.41 Å². The van der Waals surface area contributed by atoms with Gasteiger partial charge in [-0.1, -0.05) is 23.8 Å². The number of sulfonamides is 1. The van der Waals surface area contributed by atoms with Crippen molar-refractivity contribution in [3.05, 3.63) is 57.8 Å². The first-order valence-electron chi connectivity index (χ1n) is 9.90. The zero-order valence-corrected chi connectivity index (χ0v) is 18.8. The predicted molar refractivity (Wildman–Crippen MR) is 115 cm³/mol. The van der Waals surface area contributed by atoms with Crippen LogP contribution in [0.2, 0.25) is 0 Å². The Morgan fingerprint density at radius 2 is 1.97 bits per heavy atom. The molecular formula is C22H23NO6S2. The Hall–Kier alpha value is -2.49. The normalized spacial score (nSPS) is 24.2. The average molecular weight is 462 g/mol. The summed E-state index contributed by atoms with van der Waals surface area (Å²) in [6.45, 7) is 1.84. The number of nitrogens with zero attached hydrogens (tertiary/aromatic N) is 1. The molecule has 2 heterocycles. The molecule has 1 N–H and O–H groups in total. The van der Waals surface area contributed by atoms with Crippen LogP contribution in [-0.2, 0) is 24.3 Å². The average Bonchev–Trinajstić information content (AvgIpc) is 3.40. The first kappa shape index (κ1) is 21.7. The summed E-state index contributed by atoms with van der Waals surface area (Å²) in [7, 11) is -3.08. The lowest BCUT2D eigenvalue weighted by Gasteiger charge is -2.45. The number of hydrogen-bond acceptors (Lipinski definition) is 7. The van der Waals surface area contributed by atoms with Gasteiger partial charge in [0.2, 0.25) is 0 Å². The van der Waals surface area contributed by atoms with Crippen molar-refractivity contribution in [2.75, 3.05) is 7.11 Å². The summed E-state index contributed by atoms with van der Waals surface area (Å²) >= 11 is 1.24. The summed E-state index contributed by atoms with van der Waals surface area (Å²) < 4.78 is 33.4. The Morgan fingerprint density at radius 3 is 2.52 bits per heavy atom. The molecular weight excluding hydrogens is 438 g/mol. The molecule has 1 unspecified atom stereocenters. The van der Waals surface area contributed by atoms with E-state index >= 15 is 0 Å². The second-order valence-corrected chi connectivity index (χ2v) is 10.7. The highest BCUT2D eigenvalue weighted by atomic mass is 32.2. The predicted octanol–water partition coefficient (Wildman–Crippen LogP) is 3.09. The monoisotopic (exact) mass is 461 g/mol. The Morgan fingerprint density at radius 1 is 1.26 bits per heavy atom. The van der Waals surface area contributed by atoms with Crippen LogP contribution in [0.25, 0.3) is 5.70 Å². The van der Waals surface area contributed by atoms with Crippen molar-refractivity contribution in [3.63, 3.8) is 0 Å². The number of thiophene rings is 1. The topological polar surface area (TPSA) is 101 Å². The molecule has 4 rings (SSSR count). The molecule has 9 heteroatoms. The quantitative estimate of drug-likeness (QED) is 0.702. The maximum atomic E-state index is 13.8. The maximum absolute atomic E-state index is 13.8. The van der Waals surface area contributed by atoms with Crippen LogP contribution in [0.5, 0.6) is 0 Å². The minimum absolute atomic E-state index is 0.0297. The standard InChI is InChI=1S/C22H23NO6S2/c1-14-7-9-15(10-8-14)31(27,28)23-19(17-5-4-12-30-17)16(20(25)29-2)13-22(21(23)26)11-3-6-18(22)24/h4-5,7-10,12,21,26H,3,6,11,13H2,1-2H3/t21?,22-/m0/s1. The van der Waals surface area contributed by atoms with Crippen molar-refractivity contribution < 1.29 is 27.9 Å². The van der Waals surface area contributed by atoms with E-state index in [9.17, 15) is 23.1 Å². The second kappa shape index (κ2) is 7.89. The van der Waals surface area contributed by atoms with E-state index in [1.807, 2.05) is 6.92 Å². The summed E-state index contributed by atoms with van der Waals surface area (Å²) in [5.74, 6) is -0.950. The zero-order valence-electron chi connectivity index (χ0n) is 17.2. The molecule has 1 spiro atoms. The molecule has 31 heavy (non-hydrogen) atoms. The zero-order chi connectivity index (χ0) is 22.4. The fourth-order valence-corrected chi connectivity index (χ4v) is 6.89. The lowest BCUT2D eigenvalue weighted by Crippen LogP contribution is -2.55. The first-order valence-corrected chi connectivity index (χ1v) is 12.2. The van der Waals surface area contributed by atoms with Gasteiger partial charge in [0.25, 0.3) is 10.0 Å². The lowest BCUT2D eigenvalue weighted by molar-refractivity contribution is -0.141. The van der Waals surface area contributed by atoms with E-state index in [0.717, 1.165) is 9.87 Å². The van der Waals surface area contributed by atoms with E-state index < -0.39 is 27.6 Å². The molecule has 1 fully saturated rings. The molecule has 0 radical (unpaired) electrons. The molecule has 0 amide bonds. The Kier molecular flexibility index (Phi) is 5.53. The van der Waals surface area contributed by atoms with Crippen LogP contribution in [0, 0.1) is 12.3 Å². The van der Waals surface area contributed by atoms with Crippen LogP contribution in [-0.4, -0.2) is 42.9 Å². The molecule has 1 saturated carbocycles. The van der Waals surface area contributed by atoms with Gasteiger partial charge in [-0.3, -0.25) is 4.79 Å². The van der Waals surface area contributed by atoms with Gasteiger partial charge >= 0.3 is 5.97 Å². The highest BCUT2D eigenvalue weighted by Gasteiger charge is 2.58. The molecule has 1 aromatic heterocycles.